The highest BCUT2D eigenvalue weighted by atomic mass is 32.2. The third kappa shape index (κ3) is 3.26. The zero-order chi connectivity index (χ0) is 16.4. The van der Waals surface area contributed by atoms with Crippen molar-refractivity contribution >= 4 is 16.0 Å². The molecular formula is C15H15N3O4S. The van der Waals surface area contributed by atoms with Crippen LogP contribution in [-0.2, 0) is 10.0 Å². The number of hydrogen-bond acceptors (Lipinski definition) is 6. The number of rotatable bonds is 5. The van der Waals surface area contributed by atoms with E-state index in [0.29, 0.717) is 11.7 Å². The molecule has 1 aromatic carbocycles. The fourth-order valence-electron chi connectivity index (χ4n) is 1.97. The summed E-state index contributed by atoms with van der Waals surface area (Å²) in [5.74, 6) is 0.790. The van der Waals surface area contributed by atoms with Gasteiger partial charge in [0.15, 0.2) is 5.76 Å². The molecule has 8 heteroatoms. The van der Waals surface area contributed by atoms with Gasteiger partial charge in [-0.1, -0.05) is 31.1 Å². The standard InChI is InChI=1S/C15H15N3O4S/c1-10(2)11-5-7-12(8-6-11)23(19,20)18-15-17-16-14(22-15)13-4-3-9-21-13/h3-10H,1-2H3,(H,17,18). The minimum absolute atomic E-state index is 0.0999. The Morgan fingerprint density at radius 2 is 1.83 bits per heavy atom. The van der Waals surface area contributed by atoms with Crippen LogP contribution in [0.3, 0.4) is 0 Å². The molecule has 1 N–H and O–H groups in total. The van der Waals surface area contributed by atoms with E-state index in [2.05, 4.69) is 14.9 Å². The van der Waals surface area contributed by atoms with Crippen molar-refractivity contribution in [2.75, 3.05) is 4.72 Å². The summed E-state index contributed by atoms with van der Waals surface area (Å²) in [5, 5.41) is 7.40. The summed E-state index contributed by atoms with van der Waals surface area (Å²) in [5.41, 5.74) is 1.06. The molecule has 0 saturated carbocycles. The summed E-state index contributed by atoms with van der Waals surface area (Å²) >= 11 is 0. The van der Waals surface area contributed by atoms with E-state index in [1.807, 2.05) is 13.8 Å². The average molecular weight is 333 g/mol. The van der Waals surface area contributed by atoms with Gasteiger partial charge >= 0.3 is 6.01 Å². The Hall–Kier alpha value is -2.61. The maximum atomic E-state index is 12.3. The second-order valence-corrected chi connectivity index (χ2v) is 6.90. The second-order valence-electron chi connectivity index (χ2n) is 5.22. The van der Waals surface area contributed by atoms with Gasteiger partial charge in [-0.2, -0.15) is 0 Å². The van der Waals surface area contributed by atoms with E-state index >= 15 is 0 Å². The highest BCUT2D eigenvalue weighted by Crippen LogP contribution is 2.22. The van der Waals surface area contributed by atoms with Crippen LogP contribution in [0.5, 0.6) is 0 Å². The normalized spacial score (nSPS) is 11.8. The van der Waals surface area contributed by atoms with Crippen LogP contribution in [0.2, 0.25) is 0 Å². The molecule has 3 aromatic rings. The fraction of sp³-hybridized carbons (Fsp3) is 0.200. The third-order valence-corrected chi connectivity index (χ3v) is 4.57. The lowest BCUT2D eigenvalue weighted by atomic mass is 10.0. The fourth-order valence-corrected chi connectivity index (χ4v) is 2.89. The monoisotopic (exact) mass is 333 g/mol. The number of nitrogens with one attached hydrogen (secondary N) is 1. The van der Waals surface area contributed by atoms with E-state index in [9.17, 15) is 8.42 Å². The first-order valence-electron chi connectivity index (χ1n) is 6.96. The predicted molar refractivity (Wildman–Crippen MR) is 83.3 cm³/mol. The van der Waals surface area contributed by atoms with Gasteiger partial charge in [0.1, 0.15) is 0 Å². The molecule has 0 unspecified atom stereocenters. The summed E-state index contributed by atoms with van der Waals surface area (Å²) < 4.78 is 37.2. The maximum absolute atomic E-state index is 12.3. The predicted octanol–water partition coefficient (Wildman–Crippen LogP) is 3.25. The quantitative estimate of drug-likeness (QED) is 0.769. The lowest BCUT2D eigenvalue weighted by Gasteiger charge is -2.07. The Balaban J connectivity index is 1.81. The second kappa shape index (κ2) is 5.88. The molecule has 0 saturated heterocycles. The SMILES string of the molecule is CC(C)c1ccc(S(=O)(=O)Nc2nnc(-c3ccco3)o2)cc1. The van der Waals surface area contributed by atoms with Gasteiger partial charge in [0, 0.05) is 0 Å². The molecule has 2 heterocycles. The number of furan rings is 1. The molecule has 0 aliphatic carbocycles. The number of benzene rings is 1. The number of nitrogens with zero attached hydrogens (tertiary/aromatic N) is 2. The number of hydrogen-bond donors (Lipinski definition) is 1. The first-order chi connectivity index (χ1) is 11.0. The van der Waals surface area contributed by atoms with Gasteiger partial charge in [0.2, 0.25) is 0 Å². The highest BCUT2D eigenvalue weighted by molar-refractivity contribution is 7.92. The van der Waals surface area contributed by atoms with Crippen molar-refractivity contribution in [3.05, 3.63) is 48.2 Å². The van der Waals surface area contributed by atoms with E-state index in [0.717, 1.165) is 5.56 Å². The van der Waals surface area contributed by atoms with Gasteiger partial charge in [0.25, 0.3) is 15.9 Å². The summed E-state index contributed by atoms with van der Waals surface area (Å²) in [6.45, 7) is 4.08. The van der Waals surface area contributed by atoms with Crippen LogP contribution in [0.1, 0.15) is 25.3 Å². The Labute approximate surface area is 133 Å². The topological polar surface area (TPSA) is 98.2 Å². The molecule has 0 amide bonds. The van der Waals surface area contributed by atoms with E-state index in [-0.39, 0.29) is 16.8 Å². The number of aromatic nitrogens is 2. The third-order valence-electron chi connectivity index (χ3n) is 3.24. The van der Waals surface area contributed by atoms with Crippen LogP contribution >= 0.6 is 0 Å². The van der Waals surface area contributed by atoms with Crippen LogP contribution in [0.15, 0.2) is 56.4 Å². The van der Waals surface area contributed by atoms with E-state index in [4.69, 9.17) is 8.83 Å². The van der Waals surface area contributed by atoms with Crippen LogP contribution in [0.25, 0.3) is 11.7 Å². The van der Waals surface area contributed by atoms with Crippen molar-refractivity contribution in [1.82, 2.24) is 10.2 Å². The molecule has 0 atom stereocenters. The molecule has 0 spiro atoms. The molecule has 23 heavy (non-hydrogen) atoms. The Morgan fingerprint density at radius 3 is 2.43 bits per heavy atom. The van der Waals surface area contributed by atoms with Crippen molar-refractivity contribution in [3.63, 3.8) is 0 Å². The van der Waals surface area contributed by atoms with Crippen molar-refractivity contribution in [2.24, 2.45) is 0 Å². The minimum atomic E-state index is -3.79. The van der Waals surface area contributed by atoms with Crippen molar-refractivity contribution < 1.29 is 17.3 Å². The van der Waals surface area contributed by atoms with E-state index in [1.54, 1.807) is 36.4 Å². The molecule has 120 valence electrons. The van der Waals surface area contributed by atoms with Gasteiger partial charge in [-0.05, 0) is 35.7 Å². The van der Waals surface area contributed by atoms with Gasteiger partial charge in [-0.3, -0.25) is 0 Å². The lowest BCUT2D eigenvalue weighted by Crippen LogP contribution is -2.13. The largest absolute Gasteiger partial charge is 0.459 e. The van der Waals surface area contributed by atoms with Gasteiger partial charge in [-0.25, -0.2) is 13.1 Å². The zero-order valence-electron chi connectivity index (χ0n) is 12.6. The molecular weight excluding hydrogens is 318 g/mol. The summed E-state index contributed by atoms with van der Waals surface area (Å²) in [7, 11) is -3.79. The van der Waals surface area contributed by atoms with Crippen molar-refractivity contribution in [3.8, 4) is 11.7 Å². The maximum Gasteiger partial charge on any atom is 0.330 e. The van der Waals surface area contributed by atoms with Crippen LogP contribution in [0, 0.1) is 0 Å². The average Bonchev–Trinajstić information content (AvgIpc) is 3.18. The molecule has 0 fully saturated rings. The van der Waals surface area contributed by atoms with Crippen molar-refractivity contribution in [2.45, 2.75) is 24.7 Å². The first kappa shape index (κ1) is 15.3. The molecule has 3 rings (SSSR count). The number of anilines is 1. The molecule has 7 nitrogen and oxygen atoms in total. The molecule has 0 aliphatic rings. The number of sulfonamides is 1. The Bertz CT molecular complexity index is 881. The molecule has 0 bridgehead atoms. The smallest absolute Gasteiger partial charge is 0.330 e. The minimum Gasteiger partial charge on any atom is -0.459 e. The van der Waals surface area contributed by atoms with E-state index in [1.165, 1.54) is 6.26 Å². The first-order valence-corrected chi connectivity index (χ1v) is 8.44. The van der Waals surface area contributed by atoms with Crippen molar-refractivity contribution in [1.29, 1.82) is 0 Å². The molecule has 0 aliphatic heterocycles. The molecule has 0 radical (unpaired) electrons. The van der Waals surface area contributed by atoms with Crippen LogP contribution in [0.4, 0.5) is 6.01 Å². The lowest BCUT2D eigenvalue weighted by molar-refractivity contribution is 0.524. The van der Waals surface area contributed by atoms with Crippen LogP contribution in [-0.4, -0.2) is 18.6 Å². The van der Waals surface area contributed by atoms with Gasteiger partial charge in [0.05, 0.1) is 11.2 Å². The van der Waals surface area contributed by atoms with Gasteiger partial charge < -0.3 is 8.83 Å². The Kier molecular flexibility index (Phi) is 3.91. The van der Waals surface area contributed by atoms with Crippen LogP contribution < -0.4 is 4.72 Å². The Morgan fingerprint density at radius 1 is 1.09 bits per heavy atom. The molecule has 2 aromatic heterocycles. The zero-order valence-corrected chi connectivity index (χ0v) is 13.4. The summed E-state index contributed by atoms with van der Waals surface area (Å²) in [6, 6.07) is 9.73. The highest BCUT2D eigenvalue weighted by Gasteiger charge is 2.19. The summed E-state index contributed by atoms with van der Waals surface area (Å²) in [6.07, 6.45) is 1.46. The van der Waals surface area contributed by atoms with Gasteiger partial charge in [-0.15, -0.1) is 5.10 Å². The summed E-state index contributed by atoms with van der Waals surface area (Å²) in [4.78, 5) is 0.125. The van der Waals surface area contributed by atoms with E-state index < -0.39 is 10.0 Å².